The van der Waals surface area contributed by atoms with E-state index in [4.69, 9.17) is 0 Å². The minimum Gasteiger partial charge on any atom is -0.368 e. The second kappa shape index (κ2) is 6.20. The molecule has 0 aromatic heterocycles. The number of carbonyl (C=O) groups excluding carboxylic acids is 1. The molecule has 1 saturated carbocycles. The van der Waals surface area contributed by atoms with Crippen LogP contribution in [0.4, 0.5) is 0 Å². The van der Waals surface area contributed by atoms with Gasteiger partial charge in [0.15, 0.2) is 0 Å². The lowest BCUT2D eigenvalue weighted by Crippen LogP contribution is -2.61. The van der Waals surface area contributed by atoms with Crippen LogP contribution in [0.5, 0.6) is 0 Å². The maximum absolute atomic E-state index is 13.4. The molecule has 3 fully saturated rings. The number of Topliss-reactive ketones (excluding diaryl/α,β-unsaturated/α-hetero) is 1. The lowest BCUT2D eigenvalue weighted by atomic mass is 9.65. The first kappa shape index (κ1) is 17.5. The van der Waals surface area contributed by atoms with E-state index in [-0.39, 0.29) is 15.4 Å². The van der Waals surface area contributed by atoms with E-state index < -0.39 is 0 Å². The molecule has 5 aliphatic rings. The second-order valence-corrected chi connectivity index (χ2v) is 12.3. The highest BCUT2D eigenvalue weighted by Gasteiger charge is 2.57. The molecular formula is C22H29NOS2. The Bertz CT molecular complexity index is 714. The summed E-state index contributed by atoms with van der Waals surface area (Å²) >= 11 is 4.13. The molecule has 3 atom stereocenters. The molecule has 2 aliphatic carbocycles. The molecule has 0 radical (unpaired) electrons. The maximum atomic E-state index is 13.4. The first-order valence-corrected chi connectivity index (χ1v) is 12.1. The summed E-state index contributed by atoms with van der Waals surface area (Å²) in [6, 6.07) is 0.386. The summed E-state index contributed by atoms with van der Waals surface area (Å²) < 4.78 is -0.0216. The van der Waals surface area contributed by atoms with Crippen LogP contribution in [-0.4, -0.2) is 38.9 Å². The van der Waals surface area contributed by atoms with Gasteiger partial charge in [-0.3, -0.25) is 4.79 Å². The van der Waals surface area contributed by atoms with Crippen LogP contribution in [0.1, 0.15) is 46.0 Å². The van der Waals surface area contributed by atoms with Crippen LogP contribution >= 0.6 is 23.5 Å². The fourth-order valence-electron chi connectivity index (χ4n) is 5.78. The molecule has 1 spiro atoms. The van der Waals surface area contributed by atoms with E-state index in [2.05, 4.69) is 66.6 Å². The number of fused-ring (bicyclic) bond motifs is 6. The third kappa shape index (κ3) is 2.66. The van der Waals surface area contributed by atoms with E-state index in [1.54, 1.807) is 5.57 Å². The Kier molecular flexibility index (Phi) is 4.17. The third-order valence-electron chi connectivity index (χ3n) is 6.86. The van der Waals surface area contributed by atoms with Crippen molar-refractivity contribution < 1.29 is 4.79 Å². The van der Waals surface area contributed by atoms with Gasteiger partial charge in [0, 0.05) is 24.7 Å². The van der Waals surface area contributed by atoms with Gasteiger partial charge in [0.25, 0.3) is 0 Å². The van der Waals surface area contributed by atoms with E-state index in [9.17, 15) is 4.79 Å². The molecule has 0 aromatic rings. The summed E-state index contributed by atoms with van der Waals surface area (Å²) in [5.41, 5.74) is 3.14. The van der Waals surface area contributed by atoms with Gasteiger partial charge < -0.3 is 4.90 Å². The molecule has 3 unspecified atom stereocenters. The predicted octanol–water partition coefficient (Wildman–Crippen LogP) is 5.03. The van der Waals surface area contributed by atoms with Crippen molar-refractivity contribution >= 4 is 29.3 Å². The van der Waals surface area contributed by atoms with Crippen LogP contribution in [0.15, 0.2) is 35.6 Å². The van der Waals surface area contributed by atoms with E-state index >= 15 is 0 Å². The summed E-state index contributed by atoms with van der Waals surface area (Å²) in [5, 5.41) is 0. The van der Waals surface area contributed by atoms with Crippen LogP contribution in [0.2, 0.25) is 0 Å². The molecule has 0 bridgehead atoms. The van der Waals surface area contributed by atoms with Gasteiger partial charge in [0.1, 0.15) is 5.78 Å². The first-order valence-electron chi connectivity index (χ1n) is 10.2. The van der Waals surface area contributed by atoms with Gasteiger partial charge in [-0.1, -0.05) is 32.1 Å². The minimum absolute atomic E-state index is 0.0216. The highest BCUT2D eigenvalue weighted by Crippen LogP contribution is 2.59. The Morgan fingerprint density at radius 1 is 1.23 bits per heavy atom. The lowest BCUT2D eigenvalue weighted by molar-refractivity contribution is -0.132. The van der Waals surface area contributed by atoms with Crippen LogP contribution in [0.3, 0.4) is 0 Å². The van der Waals surface area contributed by atoms with Gasteiger partial charge in [-0.05, 0) is 60.2 Å². The van der Waals surface area contributed by atoms with Crippen LogP contribution in [0, 0.1) is 17.3 Å². The summed E-state index contributed by atoms with van der Waals surface area (Å²) in [4.78, 5) is 16.0. The van der Waals surface area contributed by atoms with E-state index in [0.29, 0.717) is 17.7 Å². The molecule has 3 aliphatic heterocycles. The van der Waals surface area contributed by atoms with Crippen molar-refractivity contribution in [3.8, 4) is 0 Å². The van der Waals surface area contributed by atoms with Crippen molar-refractivity contribution in [3.05, 3.63) is 35.6 Å². The van der Waals surface area contributed by atoms with Crippen molar-refractivity contribution in [2.75, 3.05) is 18.1 Å². The maximum Gasteiger partial charge on any atom is 0.141 e. The molecule has 5 rings (SSSR count). The van der Waals surface area contributed by atoms with Crippen molar-refractivity contribution in [3.63, 3.8) is 0 Å². The normalized spacial score (nSPS) is 37.4. The summed E-state index contributed by atoms with van der Waals surface area (Å²) in [5.74, 6) is 3.76. The van der Waals surface area contributed by atoms with Gasteiger partial charge in [-0.25, -0.2) is 0 Å². The molecule has 2 saturated heterocycles. The first-order chi connectivity index (χ1) is 12.5. The van der Waals surface area contributed by atoms with Crippen LogP contribution in [0.25, 0.3) is 0 Å². The number of allylic oxidation sites excluding steroid dienone is 4. The number of hydrogen-bond acceptors (Lipinski definition) is 4. The largest absolute Gasteiger partial charge is 0.368 e. The van der Waals surface area contributed by atoms with E-state index in [0.717, 1.165) is 19.4 Å². The summed E-state index contributed by atoms with van der Waals surface area (Å²) in [6.07, 6.45) is 15.1. The Morgan fingerprint density at radius 3 is 2.85 bits per heavy atom. The Morgan fingerprint density at radius 2 is 2.04 bits per heavy atom. The van der Waals surface area contributed by atoms with Crippen LogP contribution in [-0.2, 0) is 4.79 Å². The van der Waals surface area contributed by atoms with Gasteiger partial charge in [0.05, 0.1) is 10.00 Å². The highest BCUT2D eigenvalue weighted by atomic mass is 32.2. The molecule has 0 N–H and O–H groups in total. The standard InChI is InChI=1S/C22H29NOS2/c1-21(2)12-18-20(19(24)14-21)22(25-10-5-11-26-22)13-17-16-7-4-3-6-15(16)8-9-23(17)18/h3-4,7,13,15,18,20H,5-6,8-12,14H2,1-2H3. The van der Waals surface area contributed by atoms with Crippen molar-refractivity contribution in [2.24, 2.45) is 17.3 Å². The number of hydrogen-bond donors (Lipinski definition) is 0. The van der Waals surface area contributed by atoms with Crippen molar-refractivity contribution in [2.45, 2.75) is 56.1 Å². The SMILES string of the molecule is CC1(C)CC(=O)C2C(C1)N1CCC3CC=CC=C3C1=CC21SCCCS1. The average molecular weight is 388 g/mol. The molecule has 26 heavy (non-hydrogen) atoms. The zero-order chi connectivity index (χ0) is 17.9. The second-order valence-electron chi connectivity index (χ2n) is 9.32. The topological polar surface area (TPSA) is 20.3 Å². The molecular weight excluding hydrogens is 358 g/mol. The van der Waals surface area contributed by atoms with E-state index in [1.807, 2.05) is 0 Å². The number of thioether (sulfide) groups is 2. The van der Waals surface area contributed by atoms with Crippen molar-refractivity contribution in [1.29, 1.82) is 0 Å². The number of ketones is 1. The smallest absolute Gasteiger partial charge is 0.141 e. The predicted molar refractivity (Wildman–Crippen MR) is 112 cm³/mol. The Balaban J connectivity index is 1.64. The van der Waals surface area contributed by atoms with Crippen LogP contribution < -0.4 is 0 Å². The minimum atomic E-state index is -0.0216. The zero-order valence-electron chi connectivity index (χ0n) is 15.9. The number of carbonyl (C=O) groups is 1. The molecule has 4 heteroatoms. The number of nitrogens with zero attached hydrogens (tertiary/aromatic N) is 1. The monoisotopic (exact) mass is 387 g/mol. The summed E-state index contributed by atoms with van der Waals surface area (Å²) in [6.45, 7) is 5.71. The Hall–Kier alpha value is -0.610. The van der Waals surface area contributed by atoms with E-state index in [1.165, 1.54) is 36.5 Å². The third-order valence-corrected chi connectivity index (χ3v) is 10.2. The number of rotatable bonds is 0. The van der Waals surface area contributed by atoms with Crippen molar-refractivity contribution in [1.82, 2.24) is 4.90 Å². The highest BCUT2D eigenvalue weighted by molar-refractivity contribution is 8.19. The zero-order valence-corrected chi connectivity index (χ0v) is 17.5. The quantitative estimate of drug-likeness (QED) is 0.580. The fraction of sp³-hybridized carbons (Fsp3) is 0.682. The lowest BCUT2D eigenvalue weighted by Gasteiger charge is -2.58. The fourth-order valence-corrected chi connectivity index (χ4v) is 9.34. The summed E-state index contributed by atoms with van der Waals surface area (Å²) in [7, 11) is 0. The molecule has 140 valence electrons. The van der Waals surface area contributed by atoms with Gasteiger partial charge in [-0.15, -0.1) is 23.5 Å². The molecule has 0 aromatic carbocycles. The van der Waals surface area contributed by atoms with Gasteiger partial charge in [-0.2, -0.15) is 0 Å². The van der Waals surface area contributed by atoms with Gasteiger partial charge >= 0.3 is 0 Å². The van der Waals surface area contributed by atoms with Gasteiger partial charge in [0.2, 0.25) is 0 Å². The Labute approximate surface area is 165 Å². The molecule has 3 heterocycles. The molecule has 2 nitrogen and oxygen atoms in total. The number of piperidine rings is 1. The molecule has 0 amide bonds. The average Bonchev–Trinajstić information content (AvgIpc) is 2.61.